The molecule has 0 aromatic carbocycles. The van der Waals surface area contributed by atoms with Crippen molar-refractivity contribution in [3.05, 3.63) is 0 Å². The molecule has 1 heterocycles. The van der Waals surface area contributed by atoms with Gasteiger partial charge in [-0.3, -0.25) is 0 Å². The summed E-state index contributed by atoms with van der Waals surface area (Å²) in [7, 11) is 0. The molecule has 0 amide bonds. The molecule has 2 rings (SSSR count). The first-order valence-electron chi connectivity index (χ1n) is 12.3. The molecule has 3 heteroatoms. The highest BCUT2D eigenvalue weighted by atomic mass is 16.5. The van der Waals surface area contributed by atoms with Gasteiger partial charge in [-0.25, -0.2) is 4.79 Å². The number of hydrogen-bond acceptors (Lipinski definition) is 2. The van der Waals surface area contributed by atoms with Crippen LogP contribution in [0.3, 0.4) is 0 Å². The van der Waals surface area contributed by atoms with Crippen molar-refractivity contribution in [3.63, 3.8) is 0 Å². The summed E-state index contributed by atoms with van der Waals surface area (Å²) in [5.74, 6) is 0.0884. The monoisotopic (exact) mass is 380 g/mol. The number of ether oxygens (including phenoxy) is 1. The van der Waals surface area contributed by atoms with Gasteiger partial charge >= 0.3 is 5.97 Å². The summed E-state index contributed by atoms with van der Waals surface area (Å²) in [6.45, 7) is 6.43. The normalized spacial score (nSPS) is 23.1. The molecule has 0 radical (unpaired) electrons. The average Bonchev–Trinajstić information content (AvgIpc) is 2.65. The topological polar surface area (TPSA) is 26.3 Å². The molecule has 2 aliphatic rings. The van der Waals surface area contributed by atoms with E-state index in [1.54, 1.807) is 0 Å². The Labute approximate surface area is 168 Å². The molecule has 0 N–H and O–H groups in total. The van der Waals surface area contributed by atoms with Crippen molar-refractivity contribution in [2.45, 2.75) is 122 Å². The lowest BCUT2D eigenvalue weighted by Gasteiger charge is -2.41. The Balaban J connectivity index is 1.83. The van der Waals surface area contributed by atoms with E-state index in [0.717, 1.165) is 17.3 Å². The van der Waals surface area contributed by atoms with Crippen LogP contribution in [0.1, 0.15) is 116 Å². The van der Waals surface area contributed by atoms with Crippen molar-refractivity contribution in [2.24, 2.45) is 0 Å². The first-order chi connectivity index (χ1) is 13.2. The van der Waals surface area contributed by atoms with Gasteiger partial charge in [-0.05, 0) is 57.8 Å². The Morgan fingerprint density at radius 2 is 1.30 bits per heavy atom. The van der Waals surface area contributed by atoms with E-state index in [1.807, 2.05) is 0 Å². The minimum Gasteiger partial charge on any atom is -0.458 e. The number of carbonyl (C=O) groups excluding carboxylic acids is 1. The highest BCUT2D eigenvalue weighted by Crippen LogP contribution is 2.23. The summed E-state index contributed by atoms with van der Waals surface area (Å²) in [5, 5.41) is 0. The third-order valence-corrected chi connectivity index (χ3v) is 6.82. The van der Waals surface area contributed by atoms with Crippen molar-refractivity contribution < 1.29 is 14.0 Å². The fraction of sp³-hybridized carbons (Fsp3) is 0.958. The Kier molecular flexibility index (Phi) is 11.4. The zero-order valence-electron chi connectivity index (χ0n) is 18.2. The van der Waals surface area contributed by atoms with Gasteiger partial charge in [-0.2, -0.15) is 0 Å². The second kappa shape index (κ2) is 13.6. The Bertz CT molecular complexity index is 378. The molecular weight excluding hydrogens is 334 g/mol. The van der Waals surface area contributed by atoms with E-state index in [1.165, 1.54) is 116 Å². The molecule has 0 spiro atoms. The van der Waals surface area contributed by atoms with Crippen LogP contribution in [0.5, 0.6) is 0 Å². The smallest absolute Gasteiger partial charge is 0.362 e. The van der Waals surface area contributed by atoms with Crippen molar-refractivity contribution in [2.75, 3.05) is 26.2 Å². The van der Waals surface area contributed by atoms with Gasteiger partial charge in [0.15, 0.2) is 6.54 Å². The maximum Gasteiger partial charge on any atom is 0.362 e. The molecule has 1 aliphatic carbocycles. The van der Waals surface area contributed by atoms with Gasteiger partial charge in [0.2, 0.25) is 0 Å². The van der Waals surface area contributed by atoms with Crippen molar-refractivity contribution >= 4 is 5.97 Å². The third-order valence-electron chi connectivity index (χ3n) is 6.82. The van der Waals surface area contributed by atoms with Crippen LogP contribution in [0.2, 0.25) is 0 Å². The summed E-state index contributed by atoms with van der Waals surface area (Å²) < 4.78 is 7.08. The molecule has 0 unspecified atom stereocenters. The summed E-state index contributed by atoms with van der Waals surface area (Å²) in [4.78, 5) is 12.9. The number of quaternary nitrogens is 1. The third kappa shape index (κ3) is 9.45. The first-order valence-corrected chi connectivity index (χ1v) is 12.3. The van der Waals surface area contributed by atoms with Crippen LogP contribution in [-0.4, -0.2) is 42.7 Å². The predicted molar refractivity (Wildman–Crippen MR) is 114 cm³/mol. The number of unbranched alkanes of at least 4 members (excludes halogenated alkanes) is 2. The number of nitrogens with zero attached hydrogens (tertiary/aromatic N) is 1. The van der Waals surface area contributed by atoms with E-state index >= 15 is 0 Å². The quantitative estimate of drug-likeness (QED) is 0.290. The Morgan fingerprint density at radius 1 is 0.778 bits per heavy atom. The highest BCUT2D eigenvalue weighted by Gasteiger charge is 2.33. The summed E-state index contributed by atoms with van der Waals surface area (Å²) in [5.41, 5.74) is 0. The zero-order chi connectivity index (χ0) is 19.2. The lowest BCUT2D eigenvalue weighted by Crippen LogP contribution is -2.55. The van der Waals surface area contributed by atoms with Gasteiger partial charge in [0.05, 0.1) is 19.6 Å². The Morgan fingerprint density at radius 3 is 1.85 bits per heavy atom. The molecule has 2 fully saturated rings. The van der Waals surface area contributed by atoms with Gasteiger partial charge in [0.1, 0.15) is 6.10 Å². The van der Waals surface area contributed by atoms with Gasteiger partial charge in [0.25, 0.3) is 0 Å². The van der Waals surface area contributed by atoms with E-state index in [2.05, 4.69) is 6.92 Å². The fourth-order valence-electron chi connectivity index (χ4n) is 5.08. The van der Waals surface area contributed by atoms with E-state index in [0.29, 0.717) is 6.54 Å². The molecule has 27 heavy (non-hydrogen) atoms. The number of esters is 1. The molecule has 3 nitrogen and oxygen atoms in total. The van der Waals surface area contributed by atoms with Crippen molar-refractivity contribution in [1.82, 2.24) is 0 Å². The predicted octanol–water partition coefficient (Wildman–Crippen LogP) is 6.39. The van der Waals surface area contributed by atoms with Gasteiger partial charge in [-0.15, -0.1) is 0 Å². The largest absolute Gasteiger partial charge is 0.458 e. The van der Waals surface area contributed by atoms with Crippen molar-refractivity contribution in [3.8, 4) is 0 Å². The maximum atomic E-state index is 12.9. The fourth-order valence-corrected chi connectivity index (χ4v) is 5.08. The highest BCUT2D eigenvalue weighted by molar-refractivity contribution is 5.70. The van der Waals surface area contributed by atoms with E-state index < -0.39 is 0 Å². The van der Waals surface area contributed by atoms with Gasteiger partial charge < -0.3 is 9.22 Å². The Hall–Kier alpha value is -0.570. The minimum absolute atomic E-state index is 0.0884. The standard InChI is InChI=1S/C24H46NO2/c1-2-3-14-19-25(20-15-11-16-21-25)22-24(26)27-23-17-12-9-7-5-4-6-8-10-13-18-23/h23H,2-22H2,1H3/q+1. The van der Waals surface area contributed by atoms with Gasteiger partial charge in [-0.1, -0.05) is 58.3 Å². The van der Waals surface area contributed by atoms with Crippen LogP contribution in [0.25, 0.3) is 0 Å². The molecule has 1 saturated carbocycles. The lowest BCUT2D eigenvalue weighted by molar-refractivity contribution is -0.926. The number of hydrogen-bond donors (Lipinski definition) is 0. The molecule has 1 aliphatic heterocycles. The summed E-state index contributed by atoms with van der Waals surface area (Å²) in [6.07, 6.45) is 22.0. The van der Waals surface area contributed by atoms with Crippen LogP contribution in [0.4, 0.5) is 0 Å². The van der Waals surface area contributed by atoms with Gasteiger partial charge in [0, 0.05) is 0 Å². The maximum absolute atomic E-state index is 12.9. The van der Waals surface area contributed by atoms with Crippen LogP contribution in [0.15, 0.2) is 0 Å². The van der Waals surface area contributed by atoms with Crippen LogP contribution in [-0.2, 0) is 9.53 Å². The number of piperidine rings is 1. The second-order valence-corrected chi connectivity index (χ2v) is 9.31. The first kappa shape index (κ1) is 22.7. The van der Waals surface area contributed by atoms with Crippen LogP contribution in [0, 0.1) is 0 Å². The number of likely N-dealkylation sites (tertiary alicyclic amines) is 1. The molecule has 0 atom stereocenters. The lowest BCUT2D eigenvalue weighted by atomic mass is 9.99. The molecule has 158 valence electrons. The summed E-state index contributed by atoms with van der Waals surface area (Å²) >= 11 is 0. The van der Waals surface area contributed by atoms with E-state index in [9.17, 15) is 4.79 Å². The van der Waals surface area contributed by atoms with Crippen LogP contribution < -0.4 is 0 Å². The summed E-state index contributed by atoms with van der Waals surface area (Å²) in [6, 6.07) is 0. The average molecular weight is 381 g/mol. The van der Waals surface area contributed by atoms with Crippen LogP contribution >= 0.6 is 0 Å². The molecule has 0 aromatic rings. The number of rotatable bonds is 7. The second-order valence-electron chi connectivity index (χ2n) is 9.31. The molecule has 0 aromatic heterocycles. The minimum atomic E-state index is 0.0884. The van der Waals surface area contributed by atoms with E-state index in [-0.39, 0.29) is 12.1 Å². The SMILES string of the molecule is CCCCC[N+]1(CC(=O)OC2CCCCCCCCCCC2)CCCCC1. The zero-order valence-corrected chi connectivity index (χ0v) is 18.2. The molecule has 1 saturated heterocycles. The molecular formula is C24H46NO2+. The molecule has 0 bridgehead atoms. The van der Waals surface area contributed by atoms with E-state index in [4.69, 9.17) is 4.74 Å². The van der Waals surface area contributed by atoms with Crippen molar-refractivity contribution in [1.29, 1.82) is 0 Å². The number of carbonyl (C=O) groups is 1.